The number of hydrogen-bond donors (Lipinski definition) is 1. The van der Waals surface area contributed by atoms with Crippen molar-refractivity contribution in [3.63, 3.8) is 0 Å². The van der Waals surface area contributed by atoms with Gasteiger partial charge >= 0.3 is 0 Å². The summed E-state index contributed by atoms with van der Waals surface area (Å²) in [7, 11) is 3.02. The molecule has 0 saturated heterocycles. The molecule has 0 fully saturated rings. The third-order valence-corrected chi connectivity index (χ3v) is 5.26. The highest BCUT2D eigenvalue weighted by Gasteiger charge is 2.40. The maximum Gasteiger partial charge on any atom is 0.282 e. The lowest BCUT2D eigenvalue weighted by Gasteiger charge is -2.16. The number of hydrogen-bond acceptors (Lipinski definition) is 6. The number of amides is 2. The van der Waals surface area contributed by atoms with E-state index in [1.165, 1.54) is 32.4 Å². The maximum atomic E-state index is 13.9. The van der Waals surface area contributed by atoms with Crippen molar-refractivity contribution in [1.82, 2.24) is 0 Å². The largest absolute Gasteiger partial charge is 0.494 e. The van der Waals surface area contributed by atoms with Gasteiger partial charge in [-0.2, -0.15) is 0 Å². The highest BCUT2D eigenvalue weighted by molar-refractivity contribution is 6.46. The summed E-state index contributed by atoms with van der Waals surface area (Å²) in [5.41, 5.74) is 1.39. The van der Waals surface area contributed by atoms with E-state index in [2.05, 4.69) is 5.32 Å². The predicted molar refractivity (Wildman–Crippen MR) is 127 cm³/mol. The molecule has 2 amide bonds. The molecular formula is C26H23FN2O5. The van der Waals surface area contributed by atoms with Gasteiger partial charge in [-0.15, -0.1) is 0 Å². The van der Waals surface area contributed by atoms with Gasteiger partial charge in [0.15, 0.2) is 11.5 Å². The van der Waals surface area contributed by atoms with E-state index in [4.69, 9.17) is 14.2 Å². The van der Waals surface area contributed by atoms with E-state index in [0.717, 1.165) is 11.0 Å². The number of carbonyl (C=O) groups is 2. The smallest absolute Gasteiger partial charge is 0.282 e. The lowest BCUT2D eigenvalue weighted by molar-refractivity contribution is -0.120. The van der Waals surface area contributed by atoms with Crippen LogP contribution in [0.25, 0.3) is 5.57 Å². The van der Waals surface area contributed by atoms with E-state index in [0.29, 0.717) is 35.1 Å². The first kappa shape index (κ1) is 22.8. The van der Waals surface area contributed by atoms with Gasteiger partial charge in [-0.25, -0.2) is 9.29 Å². The van der Waals surface area contributed by atoms with Crippen LogP contribution in [0.3, 0.4) is 0 Å². The van der Waals surface area contributed by atoms with Crippen molar-refractivity contribution in [3.8, 4) is 17.2 Å². The predicted octanol–water partition coefficient (Wildman–Crippen LogP) is 4.64. The lowest BCUT2D eigenvalue weighted by Crippen LogP contribution is -2.32. The molecule has 1 heterocycles. The summed E-state index contributed by atoms with van der Waals surface area (Å²) in [6.45, 7) is 2.37. The summed E-state index contributed by atoms with van der Waals surface area (Å²) in [5.74, 6) is -0.113. The van der Waals surface area contributed by atoms with Gasteiger partial charge in [-0.1, -0.05) is 18.2 Å². The quantitative estimate of drug-likeness (QED) is 0.492. The number of halogens is 1. The summed E-state index contributed by atoms with van der Waals surface area (Å²) in [5, 5.41) is 3.06. The van der Waals surface area contributed by atoms with Crippen LogP contribution in [0.2, 0.25) is 0 Å². The van der Waals surface area contributed by atoms with Crippen molar-refractivity contribution in [3.05, 3.63) is 83.8 Å². The summed E-state index contributed by atoms with van der Waals surface area (Å²) < 4.78 is 30.0. The minimum atomic E-state index is -0.603. The van der Waals surface area contributed by atoms with E-state index < -0.39 is 17.6 Å². The molecule has 0 saturated carbocycles. The standard InChI is InChI=1S/C26H23FN2O5/c1-4-34-20-11-8-16(9-12-20)23-24(28-18-10-13-21(32-2)22(15-18)33-3)26(31)29(25(23)30)19-7-5-6-17(27)14-19/h5-15,28H,4H2,1-3H3. The molecule has 3 aromatic carbocycles. The fourth-order valence-corrected chi connectivity index (χ4v) is 3.71. The molecule has 0 radical (unpaired) electrons. The van der Waals surface area contributed by atoms with Crippen LogP contribution in [-0.2, 0) is 9.59 Å². The average Bonchev–Trinajstić information content (AvgIpc) is 3.08. The molecule has 0 atom stereocenters. The Morgan fingerprint density at radius 3 is 2.26 bits per heavy atom. The zero-order chi connectivity index (χ0) is 24.2. The van der Waals surface area contributed by atoms with Crippen LogP contribution in [-0.4, -0.2) is 32.6 Å². The minimum Gasteiger partial charge on any atom is -0.494 e. The number of benzene rings is 3. The molecular weight excluding hydrogens is 439 g/mol. The van der Waals surface area contributed by atoms with Gasteiger partial charge in [0, 0.05) is 11.8 Å². The van der Waals surface area contributed by atoms with Gasteiger partial charge in [0.1, 0.15) is 17.3 Å². The molecule has 0 unspecified atom stereocenters. The van der Waals surface area contributed by atoms with Gasteiger partial charge < -0.3 is 19.5 Å². The zero-order valence-corrected chi connectivity index (χ0v) is 18.9. The van der Waals surface area contributed by atoms with Crippen molar-refractivity contribution < 1.29 is 28.2 Å². The highest BCUT2D eigenvalue weighted by atomic mass is 19.1. The van der Waals surface area contributed by atoms with Crippen LogP contribution in [0.15, 0.2) is 72.4 Å². The summed E-state index contributed by atoms with van der Waals surface area (Å²) in [6.07, 6.45) is 0. The molecule has 0 spiro atoms. The Kier molecular flexibility index (Phi) is 6.49. The Bertz CT molecular complexity index is 1270. The average molecular weight is 462 g/mol. The molecule has 0 aliphatic carbocycles. The molecule has 1 N–H and O–H groups in total. The third-order valence-electron chi connectivity index (χ3n) is 5.26. The van der Waals surface area contributed by atoms with Crippen LogP contribution in [0.4, 0.5) is 15.8 Å². The first-order valence-electron chi connectivity index (χ1n) is 10.6. The van der Waals surface area contributed by atoms with E-state index in [1.54, 1.807) is 42.5 Å². The van der Waals surface area contributed by atoms with Crippen LogP contribution in [0.1, 0.15) is 12.5 Å². The number of nitrogens with one attached hydrogen (secondary N) is 1. The fraction of sp³-hybridized carbons (Fsp3) is 0.154. The van der Waals surface area contributed by atoms with Crippen molar-refractivity contribution in [2.24, 2.45) is 0 Å². The Balaban J connectivity index is 1.80. The molecule has 3 aromatic rings. The molecule has 8 heteroatoms. The van der Waals surface area contributed by atoms with E-state index in [1.807, 2.05) is 6.92 Å². The van der Waals surface area contributed by atoms with Crippen molar-refractivity contribution >= 4 is 28.8 Å². The molecule has 0 bridgehead atoms. The number of ether oxygens (including phenoxy) is 3. The molecule has 1 aliphatic rings. The SMILES string of the molecule is CCOc1ccc(C2=C(Nc3ccc(OC)c(OC)c3)C(=O)N(c3cccc(F)c3)C2=O)cc1. The summed E-state index contributed by atoms with van der Waals surface area (Å²) in [4.78, 5) is 27.9. The molecule has 0 aromatic heterocycles. The molecule has 4 rings (SSSR count). The van der Waals surface area contributed by atoms with E-state index >= 15 is 0 Å². The third kappa shape index (κ3) is 4.30. The number of methoxy groups -OCH3 is 2. The van der Waals surface area contributed by atoms with Gasteiger partial charge in [-0.05, 0) is 55.0 Å². The number of anilines is 2. The number of carbonyl (C=O) groups excluding carboxylic acids is 2. The van der Waals surface area contributed by atoms with Crippen LogP contribution in [0.5, 0.6) is 17.2 Å². The Morgan fingerprint density at radius 2 is 1.62 bits per heavy atom. The molecule has 174 valence electrons. The number of imide groups is 1. The van der Waals surface area contributed by atoms with Crippen molar-refractivity contribution in [2.75, 3.05) is 31.0 Å². The van der Waals surface area contributed by atoms with Gasteiger partial charge in [0.05, 0.1) is 32.1 Å². The summed E-state index contributed by atoms with van der Waals surface area (Å²) in [6, 6.07) is 17.2. The molecule has 1 aliphatic heterocycles. The number of rotatable bonds is 8. The summed E-state index contributed by atoms with van der Waals surface area (Å²) >= 11 is 0. The topological polar surface area (TPSA) is 77.1 Å². The second kappa shape index (κ2) is 9.66. The number of nitrogens with zero attached hydrogens (tertiary/aromatic N) is 1. The first-order valence-corrected chi connectivity index (χ1v) is 10.6. The lowest BCUT2D eigenvalue weighted by atomic mass is 10.0. The minimum absolute atomic E-state index is 0.0608. The fourth-order valence-electron chi connectivity index (χ4n) is 3.71. The van der Waals surface area contributed by atoms with Crippen LogP contribution >= 0.6 is 0 Å². The van der Waals surface area contributed by atoms with Gasteiger partial charge in [-0.3, -0.25) is 9.59 Å². The van der Waals surface area contributed by atoms with Crippen molar-refractivity contribution in [1.29, 1.82) is 0 Å². The van der Waals surface area contributed by atoms with Crippen LogP contribution < -0.4 is 24.4 Å². The normalized spacial score (nSPS) is 13.4. The van der Waals surface area contributed by atoms with Gasteiger partial charge in [0.2, 0.25) is 0 Å². The second-order valence-electron chi connectivity index (χ2n) is 7.33. The van der Waals surface area contributed by atoms with Gasteiger partial charge in [0.25, 0.3) is 11.8 Å². The van der Waals surface area contributed by atoms with E-state index in [9.17, 15) is 14.0 Å². The maximum absolute atomic E-state index is 13.9. The van der Waals surface area contributed by atoms with E-state index in [-0.39, 0.29) is 17.0 Å². The second-order valence-corrected chi connectivity index (χ2v) is 7.33. The zero-order valence-electron chi connectivity index (χ0n) is 18.9. The van der Waals surface area contributed by atoms with Crippen molar-refractivity contribution in [2.45, 2.75) is 6.92 Å². The Labute approximate surface area is 196 Å². The first-order chi connectivity index (χ1) is 16.5. The Hall–Kier alpha value is -4.33. The monoisotopic (exact) mass is 462 g/mol. The highest BCUT2D eigenvalue weighted by Crippen LogP contribution is 2.36. The molecule has 34 heavy (non-hydrogen) atoms. The molecule has 7 nitrogen and oxygen atoms in total. The van der Waals surface area contributed by atoms with Crippen LogP contribution in [0, 0.1) is 5.82 Å². The Morgan fingerprint density at radius 1 is 0.882 bits per heavy atom.